The van der Waals surface area contributed by atoms with E-state index in [2.05, 4.69) is 0 Å². The lowest BCUT2D eigenvalue weighted by molar-refractivity contribution is -0.118. The Hall–Kier alpha value is -1.16. The predicted molar refractivity (Wildman–Crippen MR) is 70.3 cm³/mol. The van der Waals surface area contributed by atoms with E-state index < -0.39 is 9.84 Å². The van der Waals surface area contributed by atoms with Gasteiger partial charge in [-0.1, -0.05) is 19.1 Å². The predicted octanol–water partition coefficient (Wildman–Crippen LogP) is 2.53. The highest BCUT2D eigenvalue weighted by molar-refractivity contribution is 7.92. The van der Waals surface area contributed by atoms with Crippen LogP contribution in [0.5, 0.6) is 0 Å². The highest BCUT2D eigenvalue weighted by atomic mass is 32.2. The van der Waals surface area contributed by atoms with Gasteiger partial charge in [0, 0.05) is 12.8 Å². The molecule has 1 aromatic carbocycles. The summed E-state index contributed by atoms with van der Waals surface area (Å²) in [6, 6.07) is 6.76. The molecule has 3 nitrogen and oxygen atoms in total. The van der Waals surface area contributed by atoms with Crippen LogP contribution in [0.25, 0.3) is 0 Å². The van der Waals surface area contributed by atoms with E-state index in [0.29, 0.717) is 17.7 Å². The number of hydrogen-bond donors (Lipinski definition) is 0. The highest BCUT2D eigenvalue weighted by Gasteiger charge is 2.36. The van der Waals surface area contributed by atoms with Crippen LogP contribution in [0, 0.1) is 0 Å². The quantitative estimate of drug-likeness (QED) is 0.795. The van der Waals surface area contributed by atoms with Gasteiger partial charge in [0.05, 0.1) is 10.1 Å². The standard InChI is InChI=1S/C14H18O3S/c1-2-3-12(15)10-11-4-6-13(7-5-11)18(16,17)14-8-9-14/h4-7,14H,2-3,8-10H2,1H3. The summed E-state index contributed by atoms with van der Waals surface area (Å²) in [4.78, 5) is 11.9. The van der Waals surface area contributed by atoms with Gasteiger partial charge in [-0.25, -0.2) is 8.42 Å². The molecule has 0 bridgehead atoms. The minimum absolute atomic E-state index is 0.176. The third-order valence-corrected chi connectivity index (χ3v) is 5.42. The third-order valence-electron chi connectivity index (χ3n) is 3.15. The molecule has 0 N–H and O–H groups in total. The van der Waals surface area contributed by atoms with Gasteiger partial charge < -0.3 is 0 Å². The van der Waals surface area contributed by atoms with Crippen molar-refractivity contribution in [2.24, 2.45) is 0 Å². The second-order valence-corrected chi connectivity index (χ2v) is 7.08. The Morgan fingerprint density at radius 2 is 1.83 bits per heavy atom. The van der Waals surface area contributed by atoms with E-state index in [4.69, 9.17) is 0 Å². The maximum Gasteiger partial charge on any atom is 0.181 e. The van der Waals surface area contributed by atoms with E-state index in [1.54, 1.807) is 24.3 Å². The van der Waals surface area contributed by atoms with Crippen LogP contribution in [0.3, 0.4) is 0 Å². The van der Waals surface area contributed by atoms with Crippen LogP contribution in [-0.4, -0.2) is 19.5 Å². The summed E-state index contributed by atoms with van der Waals surface area (Å²) >= 11 is 0. The molecular weight excluding hydrogens is 248 g/mol. The van der Waals surface area contributed by atoms with Crippen molar-refractivity contribution in [3.8, 4) is 0 Å². The van der Waals surface area contributed by atoms with Crippen molar-refractivity contribution in [3.05, 3.63) is 29.8 Å². The number of sulfone groups is 1. The molecule has 0 heterocycles. The number of benzene rings is 1. The fourth-order valence-electron chi connectivity index (χ4n) is 1.96. The van der Waals surface area contributed by atoms with Gasteiger partial charge >= 0.3 is 0 Å². The van der Waals surface area contributed by atoms with Gasteiger partial charge in [0.25, 0.3) is 0 Å². The third kappa shape index (κ3) is 2.99. The van der Waals surface area contributed by atoms with Gasteiger partial charge in [-0.05, 0) is 37.0 Å². The Kier molecular flexibility index (Phi) is 3.85. The molecular formula is C14H18O3S. The van der Waals surface area contributed by atoms with Crippen LogP contribution in [0.2, 0.25) is 0 Å². The first-order chi connectivity index (χ1) is 8.54. The highest BCUT2D eigenvalue weighted by Crippen LogP contribution is 2.33. The topological polar surface area (TPSA) is 51.2 Å². The molecule has 1 fully saturated rings. The van der Waals surface area contributed by atoms with Crippen molar-refractivity contribution in [3.63, 3.8) is 0 Å². The molecule has 2 rings (SSSR count). The van der Waals surface area contributed by atoms with E-state index in [1.165, 1.54) is 0 Å². The summed E-state index contributed by atoms with van der Waals surface area (Å²) in [7, 11) is -3.11. The fraction of sp³-hybridized carbons (Fsp3) is 0.500. The Morgan fingerprint density at radius 1 is 1.22 bits per heavy atom. The molecule has 0 aliphatic heterocycles. The average Bonchev–Trinajstić information content (AvgIpc) is 3.14. The van der Waals surface area contributed by atoms with E-state index in [9.17, 15) is 13.2 Å². The summed E-state index contributed by atoms with van der Waals surface area (Å²) in [5.41, 5.74) is 0.892. The molecule has 0 spiro atoms. The molecule has 0 unspecified atom stereocenters. The number of carbonyl (C=O) groups excluding carboxylic acids is 1. The zero-order valence-electron chi connectivity index (χ0n) is 10.6. The lowest BCUT2D eigenvalue weighted by atomic mass is 10.1. The lowest BCUT2D eigenvalue weighted by Crippen LogP contribution is -2.07. The van der Waals surface area contributed by atoms with Crippen molar-refractivity contribution in [1.82, 2.24) is 0 Å². The summed E-state index contributed by atoms with van der Waals surface area (Å²) < 4.78 is 23.9. The van der Waals surface area contributed by atoms with Crippen molar-refractivity contribution in [2.75, 3.05) is 0 Å². The van der Waals surface area contributed by atoms with Crippen molar-refractivity contribution in [2.45, 2.75) is 49.2 Å². The van der Waals surface area contributed by atoms with E-state index in [1.807, 2.05) is 6.92 Å². The smallest absolute Gasteiger partial charge is 0.181 e. The molecule has 0 amide bonds. The molecule has 0 saturated heterocycles. The number of ketones is 1. The van der Waals surface area contributed by atoms with Crippen molar-refractivity contribution >= 4 is 15.6 Å². The van der Waals surface area contributed by atoms with Crippen LogP contribution < -0.4 is 0 Å². The van der Waals surface area contributed by atoms with Crippen LogP contribution >= 0.6 is 0 Å². The Labute approximate surface area is 108 Å². The zero-order chi connectivity index (χ0) is 13.2. The minimum Gasteiger partial charge on any atom is -0.299 e. The average molecular weight is 266 g/mol. The van der Waals surface area contributed by atoms with Crippen LogP contribution in [-0.2, 0) is 21.1 Å². The van der Waals surface area contributed by atoms with Crippen LogP contribution in [0.15, 0.2) is 29.2 Å². The first-order valence-electron chi connectivity index (χ1n) is 6.38. The number of rotatable bonds is 6. The summed E-state index contributed by atoms with van der Waals surface area (Å²) in [5, 5.41) is -0.176. The van der Waals surface area contributed by atoms with Gasteiger partial charge in [0.2, 0.25) is 0 Å². The van der Waals surface area contributed by atoms with Gasteiger partial charge in [-0.2, -0.15) is 0 Å². The molecule has 0 radical (unpaired) electrons. The Bertz CT molecular complexity index is 525. The summed E-state index contributed by atoms with van der Waals surface area (Å²) in [6.45, 7) is 1.98. The second kappa shape index (κ2) is 5.22. The van der Waals surface area contributed by atoms with Crippen molar-refractivity contribution < 1.29 is 13.2 Å². The number of Topliss-reactive ketones (excluding diaryl/α,β-unsaturated/α-hetero) is 1. The summed E-state index contributed by atoms with van der Waals surface area (Å²) in [5.74, 6) is 0.204. The van der Waals surface area contributed by atoms with E-state index in [-0.39, 0.29) is 11.0 Å². The largest absolute Gasteiger partial charge is 0.299 e. The molecule has 4 heteroatoms. The molecule has 98 valence electrons. The van der Waals surface area contributed by atoms with Gasteiger partial charge in [-0.15, -0.1) is 0 Å². The Morgan fingerprint density at radius 3 is 2.33 bits per heavy atom. The normalized spacial score (nSPS) is 15.6. The molecule has 18 heavy (non-hydrogen) atoms. The molecule has 1 aliphatic rings. The van der Waals surface area contributed by atoms with Gasteiger partial charge in [-0.3, -0.25) is 4.79 Å². The first kappa shape index (κ1) is 13.3. The molecule has 1 aliphatic carbocycles. The monoisotopic (exact) mass is 266 g/mol. The number of carbonyl (C=O) groups is 1. The van der Waals surface area contributed by atoms with Crippen LogP contribution in [0.1, 0.15) is 38.2 Å². The lowest BCUT2D eigenvalue weighted by Gasteiger charge is -2.04. The molecule has 0 aromatic heterocycles. The Balaban J connectivity index is 2.08. The second-order valence-electron chi connectivity index (χ2n) is 4.85. The maximum absolute atomic E-state index is 12.0. The fourth-order valence-corrected chi connectivity index (χ4v) is 3.62. The maximum atomic E-state index is 12.0. The van der Waals surface area contributed by atoms with Gasteiger partial charge in [0.15, 0.2) is 9.84 Å². The SMILES string of the molecule is CCCC(=O)Cc1ccc(S(=O)(=O)C2CC2)cc1. The molecule has 1 saturated carbocycles. The summed E-state index contributed by atoms with van der Waals surface area (Å²) in [6.07, 6.45) is 3.39. The van der Waals surface area contributed by atoms with E-state index >= 15 is 0 Å². The van der Waals surface area contributed by atoms with E-state index in [0.717, 1.165) is 24.8 Å². The zero-order valence-corrected chi connectivity index (χ0v) is 11.4. The first-order valence-corrected chi connectivity index (χ1v) is 7.93. The molecule has 0 atom stereocenters. The van der Waals surface area contributed by atoms with Crippen molar-refractivity contribution in [1.29, 1.82) is 0 Å². The molecule has 1 aromatic rings. The number of hydrogen-bond acceptors (Lipinski definition) is 3. The minimum atomic E-state index is -3.11. The van der Waals surface area contributed by atoms with Gasteiger partial charge in [0.1, 0.15) is 5.78 Å². The van der Waals surface area contributed by atoms with Crippen LogP contribution in [0.4, 0.5) is 0 Å².